The van der Waals surface area contributed by atoms with E-state index in [0.29, 0.717) is 12.5 Å². The minimum absolute atomic E-state index is 0. The summed E-state index contributed by atoms with van der Waals surface area (Å²) in [6.45, 7) is 2.94. The van der Waals surface area contributed by atoms with E-state index < -0.39 is 0 Å². The lowest BCUT2D eigenvalue weighted by Crippen LogP contribution is -2.44. The molecule has 1 aliphatic rings. The van der Waals surface area contributed by atoms with Gasteiger partial charge in [0, 0.05) is 31.2 Å². The number of benzene rings is 1. The molecule has 1 aromatic rings. The van der Waals surface area contributed by atoms with Gasteiger partial charge < -0.3 is 15.5 Å². The first-order valence-electron chi connectivity index (χ1n) is 7.53. The number of carbonyl (C=O) groups excluding carboxylic acids is 1. The Labute approximate surface area is 145 Å². The quantitative estimate of drug-likeness (QED) is 0.777. The molecule has 0 spiro atoms. The summed E-state index contributed by atoms with van der Waals surface area (Å²) in [7, 11) is 1.91. The monoisotopic (exact) mass is 347 g/mol. The first-order valence-corrected chi connectivity index (χ1v) is 7.53. The molecule has 0 atom stereocenters. The molecule has 0 saturated carbocycles. The van der Waals surface area contributed by atoms with Gasteiger partial charge in [-0.2, -0.15) is 0 Å². The first-order chi connectivity index (χ1) is 9.79. The predicted octanol–water partition coefficient (Wildman–Crippen LogP) is 2.61. The van der Waals surface area contributed by atoms with Gasteiger partial charge in [-0.1, -0.05) is 18.2 Å². The van der Waals surface area contributed by atoms with Crippen LogP contribution >= 0.6 is 24.8 Å². The van der Waals surface area contributed by atoms with Crippen LogP contribution in [0.4, 0.5) is 5.69 Å². The van der Waals surface area contributed by atoms with Gasteiger partial charge in [0.1, 0.15) is 0 Å². The molecule has 0 bridgehead atoms. The molecule has 1 amide bonds. The van der Waals surface area contributed by atoms with Crippen LogP contribution in [0.2, 0.25) is 0 Å². The number of anilines is 1. The van der Waals surface area contributed by atoms with Crippen molar-refractivity contribution in [2.75, 3.05) is 31.6 Å². The third-order valence-electron chi connectivity index (χ3n) is 3.81. The van der Waals surface area contributed by atoms with Crippen LogP contribution in [0.5, 0.6) is 0 Å². The number of nitrogens with zero attached hydrogens (tertiary/aromatic N) is 1. The Morgan fingerprint density at radius 1 is 1.18 bits per heavy atom. The van der Waals surface area contributed by atoms with Crippen LogP contribution in [0, 0.1) is 0 Å². The van der Waals surface area contributed by atoms with Gasteiger partial charge >= 0.3 is 0 Å². The Hall–Kier alpha value is -0.970. The van der Waals surface area contributed by atoms with E-state index in [0.717, 1.165) is 38.9 Å². The van der Waals surface area contributed by atoms with E-state index in [2.05, 4.69) is 39.8 Å². The van der Waals surface area contributed by atoms with Gasteiger partial charge in [-0.15, -0.1) is 24.8 Å². The van der Waals surface area contributed by atoms with Gasteiger partial charge in [-0.25, -0.2) is 0 Å². The first kappa shape index (κ1) is 21.0. The number of piperidine rings is 1. The van der Waals surface area contributed by atoms with E-state index >= 15 is 0 Å². The second kappa shape index (κ2) is 11.6. The topological polar surface area (TPSA) is 44.4 Å². The Morgan fingerprint density at radius 2 is 1.82 bits per heavy atom. The maximum Gasteiger partial charge on any atom is 0.220 e. The van der Waals surface area contributed by atoms with Gasteiger partial charge in [0.2, 0.25) is 5.91 Å². The summed E-state index contributed by atoms with van der Waals surface area (Å²) < 4.78 is 0. The number of nitrogens with one attached hydrogen (secondary N) is 2. The van der Waals surface area contributed by atoms with Crippen molar-refractivity contribution in [1.29, 1.82) is 0 Å². The third kappa shape index (κ3) is 6.86. The number of halogens is 2. The number of para-hydroxylation sites is 1. The van der Waals surface area contributed by atoms with Gasteiger partial charge in [0.05, 0.1) is 0 Å². The molecule has 0 aliphatic carbocycles. The molecule has 1 aromatic carbocycles. The predicted molar refractivity (Wildman–Crippen MR) is 97.5 cm³/mol. The molecule has 1 saturated heterocycles. The van der Waals surface area contributed by atoms with E-state index in [-0.39, 0.29) is 30.7 Å². The van der Waals surface area contributed by atoms with Gasteiger partial charge in [0.25, 0.3) is 0 Å². The molecule has 0 radical (unpaired) electrons. The van der Waals surface area contributed by atoms with Crippen molar-refractivity contribution >= 4 is 36.4 Å². The molecule has 2 rings (SSSR count). The Morgan fingerprint density at radius 3 is 2.41 bits per heavy atom. The molecule has 1 fully saturated rings. The average molecular weight is 348 g/mol. The largest absolute Gasteiger partial charge is 0.371 e. The fourth-order valence-corrected chi connectivity index (χ4v) is 2.65. The highest BCUT2D eigenvalue weighted by molar-refractivity contribution is 5.85. The lowest BCUT2D eigenvalue weighted by atomic mass is 10.0. The van der Waals surface area contributed by atoms with Crippen LogP contribution in [0.1, 0.15) is 25.7 Å². The Bertz CT molecular complexity index is 409. The van der Waals surface area contributed by atoms with Crippen LogP contribution in [0.15, 0.2) is 30.3 Å². The number of amides is 1. The summed E-state index contributed by atoms with van der Waals surface area (Å²) in [6, 6.07) is 10.8. The summed E-state index contributed by atoms with van der Waals surface area (Å²) in [6.07, 6.45) is 3.60. The van der Waals surface area contributed by atoms with Gasteiger partial charge in [0.15, 0.2) is 0 Å². The second-order valence-corrected chi connectivity index (χ2v) is 5.37. The van der Waals surface area contributed by atoms with Crippen molar-refractivity contribution < 1.29 is 4.79 Å². The van der Waals surface area contributed by atoms with Crippen LogP contribution in [-0.2, 0) is 4.79 Å². The zero-order valence-electron chi connectivity index (χ0n) is 13.1. The molecule has 4 nitrogen and oxygen atoms in total. The van der Waals surface area contributed by atoms with Crippen LogP contribution in [0.25, 0.3) is 0 Å². The second-order valence-electron chi connectivity index (χ2n) is 5.37. The highest BCUT2D eigenvalue weighted by atomic mass is 35.5. The number of hydrogen-bond acceptors (Lipinski definition) is 3. The van der Waals surface area contributed by atoms with Crippen molar-refractivity contribution in [3.05, 3.63) is 30.3 Å². The van der Waals surface area contributed by atoms with Crippen molar-refractivity contribution in [2.24, 2.45) is 0 Å². The minimum atomic E-state index is 0. The summed E-state index contributed by atoms with van der Waals surface area (Å²) >= 11 is 0. The lowest BCUT2D eigenvalue weighted by Gasteiger charge is -2.34. The summed E-state index contributed by atoms with van der Waals surface area (Å²) in [5.41, 5.74) is 1.28. The number of rotatable bonds is 6. The molecule has 0 unspecified atom stereocenters. The number of carbonyl (C=O) groups is 1. The molecule has 2 N–H and O–H groups in total. The van der Waals surface area contributed by atoms with E-state index in [1.54, 1.807) is 0 Å². The standard InChI is InChI=1S/C16H25N3O.2ClH/c1-17-11-5-8-16(20)18-14-9-12-19(13-10-14)15-6-3-2-4-7-15;;/h2-4,6-7,14,17H,5,8-13H2,1H3,(H,18,20);2*1H. The molecule has 22 heavy (non-hydrogen) atoms. The Kier molecular flexibility index (Phi) is 11.1. The number of hydrogen-bond donors (Lipinski definition) is 2. The fraction of sp³-hybridized carbons (Fsp3) is 0.562. The van der Waals surface area contributed by atoms with E-state index in [1.165, 1.54) is 5.69 Å². The molecular weight excluding hydrogens is 321 g/mol. The smallest absolute Gasteiger partial charge is 0.220 e. The zero-order chi connectivity index (χ0) is 14.2. The van der Waals surface area contributed by atoms with E-state index in [9.17, 15) is 4.79 Å². The maximum absolute atomic E-state index is 11.8. The van der Waals surface area contributed by atoms with E-state index in [4.69, 9.17) is 0 Å². The maximum atomic E-state index is 11.8. The average Bonchev–Trinajstić information content (AvgIpc) is 2.49. The summed E-state index contributed by atoms with van der Waals surface area (Å²) in [5, 5.41) is 6.22. The minimum Gasteiger partial charge on any atom is -0.371 e. The van der Waals surface area contributed by atoms with Crippen LogP contribution < -0.4 is 15.5 Å². The molecule has 0 aromatic heterocycles. The van der Waals surface area contributed by atoms with Crippen molar-refractivity contribution in [3.8, 4) is 0 Å². The van der Waals surface area contributed by atoms with Crippen molar-refractivity contribution in [2.45, 2.75) is 31.7 Å². The zero-order valence-corrected chi connectivity index (χ0v) is 14.7. The molecule has 1 heterocycles. The normalized spacial score (nSPS) is 14.7. The fourth-order valence-electron chi connectivity index (χ4n) is 2.65. The molecule has 1 aliphatic heterocycles. The summed E-state index contributed by atoms with van der Waals surface area (Å²) in [4.78, 5) is 14.2. The highest BCUT2D eigenvalue weighted by Crippen LogP contribution is 2.19. The lowest BCUT2D eigenvalue weighted by molar-refractivity contribution is -0.122. The van der Waals surface area contributed by atoms with Crippen molar-refractivity contribution in [3.63, 3.8) is 0 Å². The molecule has 126 valence electrons. The van der Waals surface area contributed by atoms with Crippen molar-refractivity contribution in [1.82, 2.24) is 10.6 Å². The van der Waals surface area contributed by atoms with E-state index in [1.807, 2.05) is 13.1 Å². The molecule has 6 heteroatoms. The van der Waals surface area contributed by atoms with Gasteiger partial charge in [-0.05, 0) is 45.0 Å². The summed E-state index contributed by atoms with van der Waals surface area (Å²) in [5.74, 6) is 0.193. The van der Waals surface area contributed by atoms with Crippen LogP contribution in [-0.4, -0.2) is 38.6 Å². The highest BCUT2D eigenvalue weighted by Gasteiger charge is 2.20. The Balaban J connectivity index is 0.00000220. The SMILES string of the molecule is CNCCCC(=O)NC1CCN(c2ccccc2)CC1.Cl.Cl. The molecular formula is C16H27Cl2N3O. The third-order valence-corrected chi connectivity index (χ3v) is 3.81. The van der Waals surface area contributed by atoms with Crippen LogP contribution in [0.3, 0.4) is 0 Å². The van der Waals surface area contributed by atoms with Gasteiger partial charge in [-0.3, -0.25) is 4.79 Å².